The number of hydrogen-bond donors (Lipinski definition) is 2. The third-order valence-corrected chi connectivity index (χ3v) is 2.97. The van der Waals surface area contributed by atoms with Gasteiger partial charge in [0.05, 0.1) is 13.2 Å². The molecule has 0 fully saturated rings. The minimum atomic E-state index is -0.486. The summed E-state index contributed by atoms with van der Waals surface area (Å²) in [5, 5.41) is 12.7. The maximum absolute atomic E-state index is 9.78. The van der Waals surface area contributed by atoms with Crippen LogP contribution in [0.1, 0.15) is 11.7 Å². The van der Waals surface area contributed by atoms with E-state index in [-0.39, 0.29) is 0 Å². The highest BCUT2D eigenvalue weighted by atomic mass is 32.2. The van der Waals surface area contributed by atoms with Crippen molar-refractivity contribution < 1.29 is 9.84 Å². The highest BCUT2D eigenvalue weighted by Gasteiger charge is 2.09. The second-order valence-electron chi connectivity index (χ2n) is 3.19. The van der Waals surface area contributed by atoms with Crippen LogP contribution in [0.5, 0.6) is 5.75 Å². The molecule has 4 heteroatoms. The molecule has 1 aromatic rings. The van der Waals surface area contributed by atoms with Crippen molar-refractivity contribution in [2.45, 2.75) is 11.0 Å². The molecule has 0 heterocycles. The van der Waals surface area contributed by atoms with Gasteiger partial charge in [-0.15, -0.1) is 11.8 Å². The van der Waals surface area contributed by atoms with Crippen LogP contribution in [0.3, 0.4) is 0 Å². The third-order valence-electron chi connectivity index (χ3n) is 2.19. The van der Waals surface area contributed by atoms with E-state index in [2.05, 4.69) is 5.32 Å². The summed E-state index contributed by atoms with van der Waals surface area (Å²) in [4.78, 5) is 1.08. The Hall–Kier alpha value is -0.710. The van der Waals surface area contributed by atoms with E-state index in [9.17, 15) is 5.11 Å². The molecule has 0 spiro atoms. The molecule has 0 bridgehead atoms. The molecule has 0 radical (unpaired) electrons. The van der Waals surface area contributed by atoms with Gasteiger partial charge < -0.3 is 15.2 Å². The summed E-state index contributed by atoms with van der Waals surface area (Å²) in [6.45, 7) is 0.543. The molecule has 0 aliphatic heterocycles. The van der Waals surface area contributed by atoms with Crippen LogP contribution in [0.15, 0.2) is 23.1 Å². The molecule has 0 aliphatic rings. The lowest BCUT2D eigenvalue weighted by Gasteiger charge is -2.13. The molecule has 15 heavy (non-hydrogen) atoms. The van der Waals surface area contributed by atoms with Gasteiger partial charge in [0.15, 0.2) is 0 Å². The van der Waals surface area contributed by atoms with Crippen LogP contribution in [-0.2, 0) is 0 Å². The van der Waals surface area contributed by atoms with E-state index >= 15 is 0 Å². The molecule has 0 amide bonds. The second-order valence-corrected chi connectivity index (χ2v) is 4.04. The predicted molar refractivity (Wildman–Crippen MR) is 63.7 cm³/mol. The number of methoxy groups -OCH3 is 1. The van der Waals surface area contributed by atoms with E-state index in [0.717, 1.165) is 16.2 Å². The van der Waals surface area contributed by atoms with Crippen molar-refractivity contribution >= 4 is 11.8 Å². The Balaban J connectivity index is 2.92. The van der Waals surface area contributed by atoms with Crippen LogP contribution in [-0.4, -0.2) is 32.1 Å². The average molecular weight is 227 g/mol. The lowest BCUT2D eigenvalue weighted by Crippen LogP contribution is -2.16. The fourth-order valence-electron chi connectivity index (χ4n) is 1.37. The molecule has 0 aromatic heterocycles. The van der Waals surface area contributed by atoms with Gasteiger partial charge in [-0.3, -0.25) is 0 Å². The molecular formula is C11H17NO2S. The predicted octanol–water partition coefficient (Wildman–Crippen LogP) is 1.67. The van der Waals surface area contributed by atoms with Gasteiger partial charge >= 0.3 is 0 Å². The van der Waals surface area contributed by atoms with Crippen molar-refractivity contribution in [3.8, 4) is 5.75 Å². The zero-order valence-corrected chi connectivity index (χ0v) is 10.1. The van der Waals surface area contributed by atoms with Gasteiger partial charge in [0.25, 0.3) is 0 Å². The Morgan fingerprint density at radius 2 is 2.27 bits per heavy atom. The number of thioether (sulfide) groups is 1. The highest BCUT2D eigenvalue weighted by Crippen LogP contribution is 2.30. The zero-order valence-electron chi connectivity index (χ0n) is 9.28. The van der Waals surface area contributed by atoms with Gasteiger partial charge in [-0.2, -0.15) is 0 Å². The molecule has 1 unspecified atom stereocenters. The first kappa shape index (κ1) is 12.4. The van der Waals surface area contributed by atoms with Gasteiger partial charge in [-0.05, 0) is 31.0 Å². The lowest BCUT2D eigenvalue weighted by atomic mass is 10.1. The Kier molecular flexibility index (Phi) is 4.94. The SMILES string of the molecule is CNCC(O)c1ccc(SC)c(OC)c1. The summed E-state index contributed by atoms with van der Waals surface area (Å²) in [7, 11) is 3.46. The molecule has 3 nitrogen and oxygen atoms in total. The number of ether oxygens (including phenoxy) is 1. The van der Waals surface area contributed by atoms with Crippen molar-refractivity contribution in [2.24, 2.45) is 0 Å². The smallest absolute Gasteiger partial charge is 0.132 e. The highest BCUT2D eigenvalue weighted by molar-refractivity contribution is 7.98. The van der Waals surface area contributed by atoms with Crippen LogP contribution in [0.25, 0.3) is 0 Å². The van der Waals surface area contributed by atoms with Crippen molar-refractivity contribution in [3.05, 3.63) is 23.8 Å². The maximum Gasteiger partial charge on any atom is 0.132 e. The first-order chi connectivity index (χ1) is 7.22. The summed E-state index contributed by atoms with van der Waals surface area (Å²) in [5.74, 6) is 0.815. The number of hydrogen-bond acceptors (Lipinski definition) is 4. The van der Waals surface area contributed by atoms with Crippen molar-refractivity contribution in [2.75, 3.05) is 27.0 Å². The second kappa shape index (κ2) is 6.00. The Bertz CT molecular complexity index is 317. The summed E-state index contributed by atoms with van der Waals surface area (Å²) >= 11 is 1.63. The van der Waals surface area contributed by atoms with E-state index in [1.54, 1.807) is 18.9 Å². The van der Waals surface area contributed by atoms with Gasteiger partial charge in [0.2, 0.25) is 0 Å². The van der Waals surface area contributed by atoms with Gasteiger partial charge in [0.1, 0.15) is 5.75 Å². The number of rotatable bonds is 5. The van der Waals surface area contributed by atoms with Crippen LogP contribution < -0.4 is 10.1 Å². The van der Waals surface area contributed by atoms with Crippen LogP contribution >= 0.6 is 11.8 Å². The van der Waals surface area contributed by atoms with Crippen LogP contribution in [0, 0.1) is 0 Å². The fourth-order valence-corrected chi connectivity index (χ4v) is 1.92. The standard InChI is InChI=1S/C11H17NO2S/c1-12-7-9(13)8-4-5-11(15-3)10(6-8)14-2/h4-6,9,12-13H,7H2,1-3H3. The number of aliphatic hydroxyl groups excluding tert-OH is 1. The van der Waals surface area contributed by atoms with Crippen LogP contribution in [0.2, 0.25) is 0 Å². The summed E-state index contributed by atoms with van der Waals surface area (Å²) in [6, 6.07) is 5.78. The normalized spacial score (nSPS) is 12.5. The molecule has 84 valence electrons. The number of benzene rings is 1. The quantitative estimate of drug-likeness (QED) is 0.751. The Morgan fingerprint density at radius 1 is 1.53 bits per heavy atom. The zero-order chi connectivity index (χ0) is 11.3. The first-order valence-corrected chi connectivity index (χ1v) is 6.00. The molecule has 0 saturated heterocycles. The summed E-state index contributed by atoms with van der Waals surface area (Å²) in [5.41, 5.74) is 0.874. The Labute approximate surface area is 94.8 Å². The van der Waals surface area contributed by atoms with E-state index in [0.29, 0.717) is 6.54 Å². The van der Waals surface area contributed by atoms with Crippen molar-refractivity contribution in [1.82, 2.24) is 5.32 Å². The van der Waals surface area contributed by atoms with E-state index < -0.39 is 6.10 Å². The van der Waals surface area contributed by atoms with Crippen molar-refractivity contribution in [3.63, 3.8) is 0 Å². The van der Waals surface area contributed by atoms with Gasteiger partial charge in [-0.25, -0.2) is 0 Å². The number of likely N-dealkylation sites (N-methyl/N-ethyl adjacent to an activating group) is 1. The van der Waals surface area contributed by atoms with E-state index in [4.69, 9.17) is 4.74 Å². The lowest BCUT2D eigenvalue weighted by molar-refractivity contribution is 0.177. The van der Waals surface area contributed by atoms with Crippen molar-refractivity contribution in [1.29, 1.82) is 0 Å². The fraction of sp³-hybridized carbons (Fsp3) is 0.455. The number of aliphatic hydroxyl groups is 1. The average Bonchev–Trinajstić information content (AvgIpc) is 2.28. The Morgan fingerprint density at radius 3 is 2.80 bits per heavy atom. The minimum Gasteiger partial charge on any atom is -0.496 e. The minimum absolute atomic E-state index is 0.486. The van der Waals surface area contributed by atoms with E-state index in [1.165, 1.54) is 0 Å². The molecule has 1 atom stereocenters. The van der Waals surface area contributed by atoms with E-state index in [1.807, 2.05) is 31.5 Å². The summed E-state index contributed by atoms with van der Waals surface area (Å²) in [6.07, 6.45) is 1.52. The topological polar surface area (TPSA) is 41.5 Å². The number of nitrogens with one attached hydrogen (secondary N) is 1. The largest absolute Gasteiger partial charge is 0.496 e. The molecule has 0 aliphatic carbocycles. The molecular weight excluding hydrogens is 210 g/mol. The third kappa shape index (κ3) is 3.12. The summed E-state index contributed by atoms with van der Waals surface area (Å²) < 4.78 is 5.25. The monoisotopic (exact) mass is 227 g/mol. The molecule has 1 aromatic carbocycles. The molecule has 0 saturated carbocycles. The van der Waals surface area contributed by atoms with Gasteiger partial charge in [0, 0.05) is 11.4 Å². The molecule has 2 N–H and O–H groups in total. The molecule has 1 rings (SSSR count). The van der Waals surface area contributed by atoms with Crippen LogP contribution in [0.4, 0.5) is 0 Å². The maximum atomic E-state index is 9.78. The van der Waals surface area contributed by atoms with Gasteiger partial charge in [-0.1, -0.05) is 6.07 Å². The first-order valence-electron chi connectivity index (χ1n) is 4.77.